The molecule has 1 rings (SSSR count). The molecule has 0 aromatic rings. The highest BCUT2D eigenvalue weighted by Crippen LogP contribution is 2.20. The van der Waals surface area contributed by atoms with Crippen LogP contribution in [-0.2, 0) is 15.8 Å². The molecule has 0 radical (unpaired) electrons. The van der Waals surface area contributed by atoms with Gasteiger partial charge in [-0.15, -0.1) is 0 Å². The maximum absolute atomic E-state index is 11.4. The van der Waals surface area contributed by atoms with E-state index in [0.717, 1.165) is 12.8 Å². The fourth-order valence-electron chi connectivity index (χ4n) is 1.66. The summed E-state index contributed by atoms with van der Waals surface area (Å²) in [5.74, 6) is 1.02. The van der Waals surface area contributed by atoms with Crippen LogP contribution in [0.15, 0.2) is 0 Å². The Kier molecular flexibility index (Phi) is 4.06. The van der Waals surface area contributed by atoms with Gasteiger partial charge in [0.25, 0.3) is 0 Å². The van der Waals surface area contributed by atoms with Gasteiger partial charge in [0.2, 0.25) is 0 Å². The van der Waals surface area contributed by atoms with Gasteiger partial charge in [-0.05, 0) is 12.8 Å². The van der Waals surface area contributed by atoms with Crippen LogP contribution in [0.3, 0.4) is 0 Å². The van der Waals surface area contributed by atoms with Crippen LogP contribution in [0.5, 0.6) is 0 Å². The van der Waals surface area contributed by atoms with Crippen LogP contribution in [0, 0.1) is 0 Å². The second-order valence-electron chi connectivity index (χ2n) is 3.43. The Hall–Kier alpha value is -0.220. The summed E-state index contributed by atoms with van der Waals surface area (Å²) in [6, 6.07) is 0.346. The van der Waals surface area contributed by atoms with Crippen molar-refractivity contribution < 1.29 is 9.00 Å². The lowest BCUT2D eigenvalue weighted by Gasteiger charge is -2.29. The smallest absolute Gasteiger partial charge is 0.133 e. The third-order valence-electron chi connectivity index (χ3n) is 2.60. The van der Waals surface area contributed by atoms with E-state index in [-0.39, 0.29) is 0 Å². The lowest BCUT2D eigenvalue weighted by atomic mass is 9.95. The largest absolute Gasteiger partial charge is 0.300 e. The second kappa shape index (κ2) is 4.86. The highest BCUT2D eigenvalue weighted by molar-refractivity contribution is 7.82. The molecule has 0 spiro atoms. The first-order valence-corrected chi connectivity index (χ1v) is 6.05. The number of hydrogen-bond acceptors (Lipinski definition) is 2. The predicted octanol–water partition coefficient (Wildman–Crippen LogP) is 1.11. The van der Waals surface area contributed by atoms with Crippen molar-refractivity contribution in [2.45, 2.75) is 38.6 Å². The van der Waals surface area contributed by atoms with Crippen molar-refractivity contribution in [1.82, 2.24) is 4.31 Å². The van der Waals surface area contributed by atoms with E-state index in [1.54, 1.807) is 0 Å². The van der Waals surface area contributed by atoms with Crippen LogP contribution in [0.1, 0.15) is 32.6 Å². The highest BCUT2D eigenvalue weighted by atomic mass is 32.2. The predicted molar refractivity (Wildman–Crippen MR) is 53.7 cm³/mol. The van der Waals surface area contributed by atoms with Gasteiger partial charge in [0, 0.05) is 31.7 Å². The van der Waals surface area contributed by atoms with E-state index in [2.05, 4.69) is 0 Å². The normalized spacial score (nSPS) is 22.2. The van der Waals surface area contributed by atoms with Gasteiger partial charge in [0.1, 0.15) is 5.78 Å². The van der Waals surface area contributed by atoms with Crippen LogP contribution in [0.4, 0.5) is 0 Å². The minimum absolute atomic E-state index is 0.346. The molecule has 0 N–H and O–H groups in total. The molecule has 1 atom stereocenters. The first-order valence-electron chi connectivity index (χ1n) is 4.78. The summed E-state index contributed by atoms with van der Waals surface area (Å²) in [4.78, 5) is 11.0. The standard InChI is InChI=1S/C9H17NO2S/c1-3-13(12)10(2)8-4-6-9(11)7-5-8/h8H,3-7H2,1-2H3. The zero-order valence-electron chi connectivity index (χ0n) is 8.28. The summed E-state index contributed by atoms with van der Waals surface area (Å²) < 4.78 is 13.4. The number of ketones is 1. The number of rotatable bonds is 3. The molecule has 0 saturated heterocycles. The molecular formula is C9H17NO2S. The number of carbonyl (C=O) groups excluding carboxylic acids is 1. The molecule has 13 heavy (non-hydrogen) atoms. The van der Waals surface area contributed by atoms with E-state index in [1.807, 2.05) is 18.3 Å². The maximum Gasteiger partial charge on any atom is 0.133 e. The fourth-order valence-corrected chi connectivity index (χ4v) is 2.61. The van der Waals surface area contributed by atoms with E-state index in [0.29, 0.717) is 30.4 Å². The quantitative estimate of drug-likeness (QED) is 0.689. The number of carbonyl (C=O) groups is 1. The van der Waals surface area contributed by atoms with Crippen LogP contribution in [-0.4, -0.2) is 33.1 Å². The van der Waals surface area contributed by atoms with Gasteiger partial charge in [0.05, 0.1) is 11.0 Å². The molecule has 0 aromatic heterocycles. The Morgan fingerprint density at radius 2 is 2.00 bits per heavy atom. The number of Topliss-reactive ketones (excluding diaryl/α,β-unsaturated/α-hetero) is 1. The van der Waals surface area contributed by atoms with E-state index in [4.69, 9.17) is 0 Å². The molecule has 1 unspecified atom stereocenters. The average molecular weight is 203 g/mol. The molecule has 1 fully saturated rings. The summed E-state index contributed by atoms with van der Waals surface area (Å²) in [5, 5.41) is 0. The minimum Gasteiger partial charge on any atom is -0.300 e. The second-order valence-corrected chi connectivity index (χ2v) is 5.22. The van der Waals surface area contributed by atoms with Gasteiger partial charge >= 0.3 is 0 Å². The average Bonchev–Trinajstić information content (AvgIpc) is 2.17. The molecule has 0 bridgehead atoms. The SMILES string of the molecule is CCS(=O)N(C)C1CCC(=O)CC1. The van der Waals surface area contributed by atoms with E-state index >= 15 is 0 Å². The Bertz CT molecular complexity index is 208. The third-order valence-corrected chi connectivity index (χ3v) is 4.03. The lowest BCUT2D eigenvalue weighted by Crippen LogP contribution is -2.37. The molecule has 1 saturated carbocycles. The fraction of sp³-hybridized carbons (Fsp3) is 0.889. The number of nitrogens with zero attached hydrogens (tertiary/aromatic N) is 1. The first-order chi connectivity index (χ1) is 6.15. The Labute approximate surface area is 82.1 Å². The van der Waals surface area contributed by atoms with Crippen LogP contribution in [0.2, 0.25) is 0 Å². The zero-order valence-corrected chi connectivity index (χ0v) is 9.10. The molecule has 0 heterocycles. The molecule has 0 amide bonds. The Morgan fingerprint density at radius 3 is 2.46 bits per heavy atom. The van der Waals surface area contributed by atoms with Gasteiger partial charge in [-0.1, -0.05) is 6.92 Å². The summed E-state index contributed by atoms with van der Waals surface area (Å²) >= 11 is 0. The van der Waals surface area contributed by atoms with E-state index < -0.39 is 11.0 Å². The van der Waals surface area contributed by atoms with Gasteiger partial charge in [-0.3, -0.25) is 4.79 Å². The highest BCUT2D eigenvalue weighted by Gasteiger charge is 2.24. The van der Waals surface area contributed by atoms with Crippen LogP contribution < -0.4 is 0 Å². The van der Waals surface area contributed by atoms with Crippen molar-refractivity contribution in [2.24, 2.45) is 0 Å². The molecule has 3 nitrogen and oxygen atoms in total. The Morgan fingerprint density at radius 1 is 1.46 bits per heavy atom. The molecule has 1 aliphatic carbocycles. The van der Waals surface area contributed by atoms with Gasteiger partial charge in [-0.2, -0.15) is 0 Å². The molecular weight excluding hydrogens is 186 g/mol. The maximum atomic E-state index is 11.4. The van der Waals surface area contributed by atoms with Crippen molar-refractivity contribution in [3.63, 3.8) is 0 Å². The molecule has 0 aromatic carbocycles. The van der Waals surface area contributed by atoms with Crippen molar-refractivity contribution in [1.29, 1.82) is 0 Å². The summed E-state index contributed by atoms with van der Waals surface area (Å²) in [5.41, 5.74) is 0. The van der Waals surface area contributed by atoms with E-state index in [1.165, 1.54) is 0 Å². The van der Waals surface area contributed by atoms with Crippen LogP contribution >= 0.6 is 0 Å². The van der Waals surface area contributed by atoms with Gasteiger partial charge < -0.3 is 0 Å². The topological polar surface area (TPSA) is 37.4 Å². The number of hydrogen-bond donors (Lipinski definition) is 0. The Balaban J connectivity index is 2.44. The molecule has 4 heteroatoms. The zero-order chi connectivity index (χ0) is 9.84. The first kappa shape index (κ1) is 10.9. The van der Waals surface area contributed by atoms with Gasteiger partial charge in [-0.25, -0.2) is 8.51 Å². The summed E-state index contributed by atoms with van der Waals surface area (Å²) in [6.07, 6.45) is 3.08. The molecule has 76 valence electrons. The van der Waals surface area contributed by atoms with Gasteiger partial charge in [0.15, 0.2) is 0 Å². The van der Waals surface area contributed by atoms with Crippen molar-refractivity contribution in [3.05, 3.63) is 0 Å². The van der Waals surface area contributed by atoms with E-state index in [9.17, 15) is 9.00 Å². The van der Waals surface area contributed by atoms with Crippen molar-refractivity contribution in [2.75, 3.05) is 12.8 Å². The summed E-state index contributed by atoms with van der Waals surface area (Å²) in [7, 11) is 1.03. The minimum atomic E-state index is -0.859. The monoisotopic (exact) mass is 203 g/mol. The van der Waals surface area contributed by atoms with Crippen molar-refractivity contribution in [3.8, 4) is 0 Å². The van der Waals surface area contributed by atoms with Crippen LogP contribution in [0.25, 0.3) is 0 Å². The molecule has 0 aliphatic heterocycles. The molecule has 1 aliphatic rings. The third kappa shape index (κ3) is 2.88. The van der Waals surface area contributed by atoms with Crippen molar-refractivity contribution >= 4 is 16.8 Å². The summed E-state index contributed by atoms with van der Waals surface area (Å²) in [6.45, 7) is 1.92. The lowest BCUT2D eigenvalue weighted by molar-refractivity contribution is -0.120.